The summed E-state index contributed by atoms with van der Waals surface area (Å²) in [6.07, 6.45) is 4.99. The second kappa shape index (κ2) is 4.52. The van der Waals surface area contributed by atoms with Crippen LogP contribution in [0, 0.1) is 0 Å². The Balaban J connectivity index is 1.87. The van der Waals surface area contributed by atoms with Crippen molar-refractivity contribution in [1.29, 1.82) is 0 Å². The number of nitrogens with zero attached hydrogens (tertiary/aromatic N) is 3. The minimum Gasteiger partial charge on any atom is -0.454 e. The lowest BCUT2D eigenvalue weighted by atomic mass is 10.1. The van der Waals surface area contributed by atoms with Crippen molar-refractivity contribution in [2.75, 3.05) is 6.79 Å². The zero-order valence-corrected chi connectivity index (χ0v) is 11.1. The first-order chi connectivity index (χ1) is 10.3. The summed E-state index contributed by atoms with van der Waals surface area (Å²) in [5.41, 5.74) is 8.81. The van der Waals surface area contributed by atoms with E-state index in [0.717, 1.165) is 34.1 Å². The van der Waals surface area contributed by atoms with Crippen LogP contribution in [-0.2, 0) is 0 Å². The number of benzene rings is 1. The maximum Gasteiger partial charge on any atom is 0.231 e. The second-order valence-electron chi connectivity index (χ2n) is 4.60. The molecule has 0 bridgehead atoms. The fourth-order valence-corrected chi connectivity index (χ4v) is 2.33. The van der Waals surface area contributed by atoms with Gasteiger partial charge in [-0.15, -0.1) is 0 Å². The molecule has 0 fully saturated rings. The van der Waals surface area contributed by atoms with Gasteiger partial charge in [0.2, 0.25) is 6.79 Å². The molecule has 21 heavy (non-hydrogen) atoms. The number of imidazole rings is 1. The van der Waals surface area contributed by atoms with Crippen LogP contribution in [0.4, 0.5) is 0 Å². The third-order valence-corrected chi connectivity index (χ3v) is 3.32. The smallest absolute Gasteiger partial charge is 0.231 e. The van der Waals surface area contributed by atoms with E-state index in [0.29, 0.717) is 0 Å². The van der Waals surface area contributed by atoms with E-state index < -0.39 is 0 Å². The Morgan fingerprint density at radius 3 is 2.95 bits per heavy atom. The average molecular weight is 280 g/mol. The molecule has 0 atom stereocenters. The van der Waals surface area contributed by atoms with E-state index in [2.05, 4.69) is 10.1 Å². The van der Waals surface area contributed by atoms with Crippen LogP contribution in [0.1, 0.15) is 5.69 Å². The van der Waals surface area contributed by atoms with Crippen LogP contribution < -0.4 is 15.2 Å². The summed E-state index contributed by atoms with van der Waals surface area (Å²) in [6, 6.07) is 9.55. The van der Waals surface area contributed by atoms with Crippen LogP contribution >= 0.6 is 0 Å². The van der Waals surface area contributed by atoms with Gasteiger partial charge >= 0.3 is 0 Å². The Labute approximate surface area is 120 Å². The van der Waals surface area contributed by atoms with E-state index in [9.17, 15) is 0 Å². The largest absolute Gasteiger partial charge is 0.454 e. The topological polar surface area (TPSA) is 74.7 Å². The molecule has 1 aliphatic heterocycles. The van der Waals surface area contributed by atoms with Gasteiger partial charge in [0.1, 0.15) is 0 Å². The monoisotopic (exact) mass is 280 g/mol. The van der Waals surface area contributed by atoms with Crippen molar-refractivity contribution in [2.24, 2.45) is 5.73 Å². The average Bonchev–Trinajstić information content (AvgIpc) is 3.12. The first kappa shape index (κ1) is 11.8. The van der Waals surface area contributed by atoms with Gasteiger partial charge in [-0.3, -0.25) is 0 Å². The van der Waals surface area contributed by atoms with E-state index >= 15 is 0 Å². The minimum atomic E-state index is 0.260. The number of nitrogens with two attached hydrogens (primary N) is 1. The Morgan fingerprint density at radius 2 is 2.05 bits per heavy atom. The van der Waals surface area contributed by atoms with Crippen LogP contribution in [0.2, 0.25) is 0 Å². The fourth-order valence-electron chi connectivity index (χ4n) is 2.33. The van der Waals surface area contributed by atoms with E-state index in [-0.39, 0.29) is 6.79 Å². The van der Waals surface area contributed by atoms with Gasteiger partial charge in [-0.1, -0.05) is 0 Å². The van der Waals surface area contributed by atoms with Gasteiger partial charge in [-0.25, -0.2) is 9.50 Å². The molecule has 2 aromatic heterocycles. The number of fused-ring (bicyclic) bond motifs is 2. The van der Waals surface area contributed by atoms with Crippen molar-refractivity contribution in [2.45, 2.75) is 0 Å². The van der Waals surface area contributed by atoms with Gasteiger partial charge in [0.05, 0.1) is 17.6 Å². The molecule has 0 saturated heterocycles. The van der Waals surface area contributed by atoms with Crippen molar-refractivity contribution >= 4 is 11.7 Å². The summed E-state index contributed by atoms with van der Waals surface area (Å²) >= 11 is 0. The molecule has 4 rings (SSSR count). The number of rotatable bonds is 2. The van der Waals surface area contributed by atoms with E-state index in [4.69, 9.17) is 15.2 Å². The lowest BCUT2D eigenvalue weighted by Gasteiger charge is -2.03. The Bertz CT molecular complexity index is 854. The fraction of sp³-hybridized carbons (Fsp3) is 0.0667. The van der Waals surface area contributed by atoms with Crippen molar-refractivity contribution in [1.82, 2.24) is 14.6 Å². The molecule has 3 heterocycles. The van der Waals surface area contributed by atoms with Crippen LogP contribution in [0.25, 0.3) is 23.0 Å². The molecule has 0 unspecified atom stereocenters. The van der Waals surface area contributed by atoms with Gasteiger partial charge in [-0.2, -0.15) is 5.10 Å². The van der Waals surface area contributed by atoms with Crippen molar-refractivity contribution in [3.63, 3.8) is 0 Å². The maximum absolute atomic E-state index is 5.41. The van der Waals surface area contributed by atoms with Gasteiger partial charge in [0.15, 0.2) is 17.1 Å². The second-order valence-corrected chi connectivity index (χ2v) is 4.60. The van der Waals surface area contributed by atoms with Crippen molar-refractivity contribution in [3.05, 3.63) is 48.4 Å². The van der Waals surface area contributed by atoms with Gasteiger partial charge in [0, 0.05) is 5.56 Å². The lowest BCUT2D eigenvalue weighted by Crippen LogP contribution is -1.96. The zero-order chi connectivity index (χ0) is 14.2. The third-order valence-electron chi connectivity index (χ3n) is 3.32. The highest BCUT2D eigenvalue weighted by atomic mass is 16.7. The molecule has 0 aliphatic carbocycles. The third kappa shape index (κ3) is 1.88. The molecule has 2 N–H and O–H groups in total. The van der Waals surface area contributed by atoms with Gasteiger partial charge in [0.25, 0.3) is 0 Å². The maximum atomic E-state index is 5.41. The summed E-state index contributed by atoms with van der Waals surface area (Å²) in [7, 11) is 0. The quantitative estimate of drug-likeness (QED) is 0.777. The number of aromatic nitrogens is 3. The molecule has 0 amide bonds. The Kier molecular flexibility index (Phi) is 2.53. The van der Waals surface area contributed by atoms with Crippen LogP contribution in [0.3, 0.4) is 0 Å². The Morgan fingerprint density at radius 1 is 1.14 bits per heavy atom. The first-order valence-corrected chi connectivity index (χ1v) is 6.48. The number of hydrogen-bond donors (Lipinski definition) is 1. The summed E-state index contributed by atoms with van der Waals surface area (Å²) in [6.45, 7) is 0.260. The Hall–Kier alpha value is -3.02. The molecule has 104 valence electrons. The van der Waals surface area contributed by atoms with Gasteiger partial charge in [-0.05, 0) is 42.6 Å². The SMILES string of the molecule is N/C=C/c1ccc2ncc(-c3ccc4c(c3)OCO4)n2n1. The van der Waals surface area contributed by atoms with Crippen LogP contribution in [0.15, 0.2) is 42.7 Å². The molecule has 0 saturated carbocycles. The van der Waals surface area contributed by atoms with Crippen LogP contribution in [-0.4, -0.2) is 21.4 Å². The van der Waals surface area contributed by atoms with Gasteiger partial charge < -0.3 is 15.2 Å². The van der Waals surface area contributed by atoms with E-state index in [1.807, 2.05) is 30.3 Å². The molecule has 0 spiro atoms. The normalized spacial score (nSPS) is 13.3. The first-order valence-electron chi connectivity index (χ1n) is 6.48. The molecule has 0 radical (unpaired) electrons. The standard InChI is InChI=1S/C15H12N4O2/c16-6-5-11-2-4-15-17-8-12(19(15)18-11)10-1-3-13-14(7-10)21-9-20-13/h1-8H,9,16H2/b6-5+. The summed E-state index contributed by atoms with van der Waals surface area (Å²) in [5, 5.41) is 4.51. The zero-order valence-electron chi connectivity index (χ0n) is 11.1. The molecular weight excluding hydrogens is 268 g/mol. The van der Waals surface area contributed by atoms with Crippen LogP contribution in [0.5, 0.6) is 11.5 Å². The van der Waals surface area contributed by atoms with Crippen molar-refractivity contribution in [3.8, 4) is 22.8 Å². The lowest BCUT2D eigenvalue weighted by molar-refractivity contribution is 0.174. The van der Waals surface area contributed by atoms with E-state index in [1.165, 1.54) is 6.20 Å². The summed E-state index contributed by atoms with van der Waals surface area (Å²) in [5.74, 6) is 1.49. The molecule has 3 aromatic rings. The highest BCUT2D eigenvalue weighted by Gasteiger charge is 2.15. The summed E-state index contributed by atoms with van der Waals surface area (Å²) < 4.78 is 12.5. The number of hydrogen-bond acceptors (Lipinski definition) is 5. The van der Waals surface area contributed by atoms with E-state index in [1.54, 1.807) is 16.8 Å². The molecule has 1 aliphatic rings. The number of ether oxygens (including phenoxy) is 2. The highest BCUT2D eigenvalue weighted by molar-refractivity contribution is 5.67. The predicted molar refractivity (Wildman–Crippen MR) is 77.8 cm³/mol. The predicted octanol–water partition coefficient (Wildman–Crippen LogP) is 2.05. The molecule has 1 aromatic carbocycles. The highest BCUT2D eigenvalue weighted by Crippen LogP contribution is 2.35. The molecule has 6 nitrogen and oxygen atoms in total. The minimum absolute atomic E-state index is 0.260. The molecule has 6 heteroatoms. The van der Waals surface area contributed by atoms with Crippen molar-refractivity contribution < 1.29 is 9.47 Å². The summed E-state index contributed by atoms with van der Waals surface area (Å²) in [4.78, 5) is 4.36. The molecular formula is C15H12N4O2.